The lowest BCUT2D eigenvalue weighted by atomic mass is 9.70. The Bertz CT molecular complexity index is 853. The largest absolute Gasteiger partial charge is 0.380 e. The summed E-state index contributed by atoms with van der Waals surface area (Å²) in [5, 5.41) is 10.0. The number of aliphatic hydroxyl groups excluding tert-OH is 1. The van der Waals surface area contributed by atoms with Crippen LogP contribution in [0.15, 0.2) is 36.4 Å². The standard InChI is InChI=1S/C26H33IO.C2H6/c1-6-9-10-24(28)15-12-21-11-13-22(17-19(21)4)26(7-2,8-3)23-14-16-25(27)20(5)18-23;1-2/h11,13-14,16-18,24,28H,6-10H2,1-5H3;1-2H3. The molecule has 0 aliphatic heterocycles. The van der Waals surface area contributed by atoms with Crippen LogP contribution in [0.1, 0.15) is 94.5 Å². The second-order valence-electron chi connectivity index (χ2n) is 7.71. The highest BCUT2D eigenvalue weighted by atomic mass is 127. The molecule has 0 saturated heterocycles. The van der Waals surface area contributed by atoms with Crippen molar-refractivity contribution in [3.63, 3.8) is 0 Å². The molecule has 0 amide bonds. The lowest BCUT2D eigenvalue weighted by Gasteiger charge is -2.34. The summed E-state index contributed by atoms with van der Waals surface area (Å²) in [6, 6.07) is 13.5. The molecule has 2 aromatic rings. The van der Waals surface area contributed by atoms with E-state index in [4.69, 9.17) is 0 Å². The summed E-state index contributed by atoms with van der Waals surface area (Å²) in [5.41, 5.74) is 6.30. The lowest BCUT2D eigenvalue weighted by molar-refractivity contribution is 0.218. The second-order valence-corrected chi connectivity index (χ2v) is 8.87. The Kier molecular flexibility index (Phi) is 11.7. The molecule has 0 radical (unpaired) electrons. The first-order valence-corrected chi connectivity index (χ1v) is 12.5. The fraction of sp³-hybridized carbons (Fsp3) is 0.500. The number of unbranched alkanes of at least 4 members (excludes halogenated alkanes) is 1. The van der Waals surface area contributed by atoms with E-state index in [9.17, 15) is 5.11 Å². The van der Waals surface area contributed by atoms with Gasteiger partial charge in [0, 0.05) is 14.5 Å². The molecule has 2 rings (SSSR count). The third kappa shape index (κ3) is 6.59. The number of hydrogen-bond acceptors (Lipinski definition) is 1. The van der Waals surface area contributed by atoms with E-state index >= 15 is 0 Å². The maximum atomic E-state index is 10.0. The minimum atomic E-state index is -0.529. The summed E-state index contributed by atoms with van der Waals surface area (Å²) in [4.78, 5) is 0. The molecule has 0 saturated carbocycles. The van der Waals surface area contributed by atoms with E-state index in [-0.39, 0.29) is 5.41 Å². The number of aliphatic hydroxyl groups is 1. The summed E-state index contributed by atoms with van der Waals surface area (Å²) in [6.45, 7) is 15.0. The van der Waals surface area contributed by atoms with Gasteiger partial charge in [0.25, 0.3) is 0 Å². The summed E-state index contributed by atoms with van der Waals surface area (Å²) in [5.74, 6) is 6.20. The predicted molar refractivity (Wildman–Crippen MR) is 140 cm³/mol. The van der Waals surface area contributed by atoms with Crippen LogP contribution in [0, 0.1) is 29.3 Å². The molecule has 2 aromatic carbocycles. The molecule has 0 aromatic heterocycles. The molecular formula is C28H39IO. The van der Waals surface area contributed by atoms with Gasteiger partial charge < -0.3 is 5.11 Å². The highest BCUT2D eigenvalue weighted by Gasteiger charge is 2.31. The van der Waals surface area contributed by atoms with Gasteiger partial charge in [-0.15, -0.1) is 0 Å². The second kappa shape index (κ2) is 13.2. The van der Waals surface area contributed by atoms with E-state index in [0.717, 1.165) is 37.7 Å². The van der Waals surface area contributed by atoms with Crippen molar-refractivity contribution in [2.45, 2.75) is 92.1 Å². The summed E-state index contributed by atoms with van der Waals surface area (Å²) in [6.07, 6.45) is 4.44. The van der Waals surface area contributed by atoms with Crippen LogP contribution in [0.2, 0.25) is 0 Å². The van der Waals surface area contributed by atoms with E-state index in [1.807, 2.05) is 13.8 Å². The van der Waals surface area contributed by atoms with Crippen LogP contribution < -0.4 is 0 Å². The summed E-state index contributed by atoms with van der Waals surface area (Å²) >= 11 is 2.40. The van der Waals surface area contributed by atoms with E-state index in [0.29, 0.717) is 0 Å². The Morgan fingerprint density at radius 3 is 2.00 bits per heavy atom. The Balaban J connectivity index is 0.00000218. The Morgan fingerprint density at radius 1 is 0.933 bits per heavy atom. The fourth-order valence-electron chi connectivity index (χ4n) is 3.91. The number of hydrogen-bond donors (Lipinski definition) is 1. The minimum Gasteiger partial charge on any atom is -0.380 e. The van der Waals surface area contributed by atoms with Crippen LogP contribution in [0.5, 0.6) is 0 Å². The molecule has 2 heteroatoms. The van der Waals surface area contributed by atoms with Gasteiger partial charge in [0.2, 0.25) is 0 Å². The van der Waals surface area contributed by atoms with Gasteiger partial charge in [-0.2, -0.15) is 0 Å². The molecule has 1 unspecified atom stereocenters. The van der Waals surface area contributed by atoms with Crippen molar-refractivity contribution in [2.24, 2.45) is 0 Å². The van der Waals surface area contributed by atoms with Crippen LogP contribution in [0.3, 0.4) is 0 Å². The fourth-order valence-corrected chi connectivity index (χ4v) is 4.24. The highest BCUT2D eigenvalue weighted by Crippen LogP contribution is 2.40. The van der Waals surface area contributed by atoms with Crippen LogP contribution in [0.4, 0.5) is 0 Å². The van der Waals surface area contributed by atoms with Crippen LogP contribution in [0.25, 0.3) is 0 Å². The third-order valence-electron chi connectivity index (χ3n) is 5.90. The number of aryl methyl sites for hydroxylation is 2. The zero-order valence-corrected chi connectivity index (χ0v) is 22.1. The minimum absolute atomic E-state index is 0.0203. The molecule has 0 aliphatic rings. The first-order valence-electron chi connectivity index (χ1n) is 11.4. The Hall–Kier alpha value is -1.31. The first-order chi connectivity index (χ1) is 14.4. The molecule has 0 bridgehead atoms. The van der Waals surface area contributed by atoms with Crippen molar-refractivity contribution in [1.29, 1.82) is 0 Å². The van der Waals surface area contributed by atoms with Crippen LogP contribution >= 0.6 is 22.6 Å². The Morgan fingerprint density at radius 2 is 1.50 bits per heavy atom. The van der Waals surface area contributed by atoms with Crippen molar-refractivity contribution in [3.8, 4) is 11.8 Å². The van der Waals surface area contributed by atoms with E-state index < -0.39 is 6.10 Å². The molecular weight excluding hydrogens is 479 g/mol. The van der Waals surface area contributed by atoms with Crippen molar-refractivity contribution >= 4 is 22.6 Å². The van der Waals surface area contributed by atoms with Gasteiger partial charge in [-0.25, -0.2) is 0 Å². The van der Waals surface area contributed by atoms with Gasteiger partial charge in [-0.05, 0) is 90.1 Å². The smallest absolute Gasteiger partial charge is 0.115 e. The number of halogens is 1. The predicted octanol–water partition coefficient (Wildman–Crippen LogP) is 7.94. The van der Waals surface area contributed by atoms with Gasteiger partial charge in [0.1, 0.15) is 6.10 Å². The SMILES string of the molecule is CC.CCCCC(O)C#Cc1ccc(C(CC)(CC)c2ccc(I)c(C)c2)cc1C. The van der Waals surface area contributed by atoms with Crippen molar-refractivity contribution in [2.75, 3.05) is 0 Å². The molecule has 30 heavy (non-hydrogen) atoms. The zero-order valence-electron chi connectivity index (χ0n) is 19.9. The van der Waals surface area contributed by atoms with E-state index in [1.165, 1.54) is 25.8 Å². The van der Waals surface area contributed by atoms with Crippen LogP contribution in [-0.4, -0.2) is 11.2 Å². The van der Waals surface area contributed by atoms with E-state index in [2.05, 4.69) is 105 Å². The summed E-state index contributed by atoms with van der Waals surface area (Å²) in [7, 11) is 0. The van der Waals surface area contributed by atoms with E-state index in [1.54, 1.807) is 0 Å². The molecule has 0 spiro atoms. The van der Waals surface area contributed by atoms with Gasteiger partial charge in [-0.1, -0.05) is 83.6 Å². The van der Waals surface area contributed by atoms with Crippen molar-refractivity contribution in [3.05, 3.63) is 67.8 Å². The molecule has 164 valence electrons. The van der Waals surface area contributed by atoms with Gasteiger partial charge in [-0.3, -0.25) is 0 Å². The normalized spacial score (nSPS) is 11.8. The summed E-state index contributed by atoms with van der Waals surface area (Å²) < 4.78 is 1.31. The maximum absolute atomic E-state index is 10.0. The quantitative estimate of drug-likeness (QED) is 0.291. The molecule has 0 heterocycles. The van der Waals surface area contributed by atoms with Gasteiger partial charge >= 0.3 is 0 Å². The molecule has 1 nitrogen and oxygen atoms in total. The average molecular weight is 519 g/mol. The molecule has 0 aliphatic carbocycles. The number of rotatable bonds is 7. The number of benzene rings is 2. The highest BCUT2D eigenvalue weighted by molar-refractivity contribution is 14.1. The van der Waals surface area contributed by atoms with Crippen LogP contribution in [-0.2, 0) is 5.41 Å². The van der Waals surface area contributed by atoms with Crippen molar-refractivity contribution in [1.82, 2.24) is 0 Å². The average Bonchev–Trinajstić information content (AvgIpc) is 2.76. The third-order valence-corrected chi connectivity index (χ3v) is 7.11. The maximum Gasteiger partial charge on any atom is 0.115 e. The lowest BCUT2D eigenvalue weighted by Crippen LogP contribution is -2.26. The van der Waals surface area contributed by atoms with Gasteiger partial charge in [0.15, 0.2) is 0 Å². The molecule has 0 fully saturated rings. The first kappa shape index (κ1) is 26.7. The zero-order chi connectivity index (χ0) is 22.7. The molecule has 1 atom stereocenters. The molecule has 1 N–H and O–H groups in total. The van der Waals surface area contributed by atoms with Gasteiger partial charge in [0.05, 0.1) is 0 Å². The van der Waals surface area contributed by atoms with Crippen molar-refractivity contribution < 1.29 is 5.11 Å². The topological polar surface area (TPSA) is 20.2 Å². The Labute approximate surface area is 198 Å². The monoisotopic (exact) mass is 518 g/mol.